The molecular formula is C46H34N6S4. The van der Waals surface area contributed by atoms with Gasteiger partial charge in [0.2, 0.25) is 0 Å². The van der Waals surface area contributed by atoms with E-state index < -0.39 is 0 Å². The molecule has 10 heteroatoms. The average molecular weight is 799 g/mol. The van der Waals surface area contributed by atoms with Crippen LogP contribution in [0.2, 0.25) is 0 Å². The Hall–Kier alpha value is -5.78. The second-order valence-electron chi connectivity index (χ2n) is 12.2. The number of rotatable bonds is 14. The second kappa shape index (κ2) is 18.7. The molecular weight excluding hydrogens is 765 g/mol. The predicted molar refractivity (Wildman–Crippen MR) is 235 cm³/mol. The van der Waals surface area contributed by atoms with Crippen LogP contribution in [0.4, 0.5) is 23.0 Å². The molecule has 6 aromatic carbocycles. The molecule has 0 atom stereocenters. The molecule has 0 spiro atoms. The molecule has 56 heavy (non-hydrogen) atoms. The Morgan fingerprint density at radius 3 is 1.00 bits per heavy atom. The Kier molecular flexibility index (Phi) is 12.4. The Morgan fingerprint density at radius 1 is 0.339 bits per heavy atom. The van der Waals surface area contributed by atoms with Gasteiger partial charge in [0.25, 0.3) is 0 Å². The summed E-state index contributed by atoms with van der Waals surface area (Å²) in [5.41, 5.74) is 4.08. The largest absolute Gasteiger partial charge is 0.340 e. The average Bonchev–Trinajstić information content (AvgIpc) is 3.22. The van der Waals surface area contributed by atoms with Crippen molar-refractivity contribution in [3.8, 4) is 0 Å². The highest BCUT2D eigenvalue weighted by Crippen LogP contribution is 2.34. The highest BCUT2D eigenvalue weighted by atomic mass is 32.2. The fourth-order valence-electron chi connectivity index (χ4n) is 5.38. The molecule has 0 radical (unpaired) electrons. The lowest BCUT2D eigenvalue weighted by Gasteiger charge is -2.10. The van der Waals surface area contributed by atoms with Gasteiger partial charge in [0.05, 0.1) is 0 Å². The van der Waals surface area contributed by atoms with Crippen molar-refractivity contribution in [2.24, 2.45) is 0 Å². The van der Waals surface area contributed by atoms with E-state index in [9.17, 15) is 0 Å². The van der Waals surface area contributed by atoms with Crippen LogP contribution in [0.5, 0.6) is 0 Å². The lowest BCUT2D eigenvalue weighted by molar-refractivity contribution is 0.897. The van der Waals surface area contributed by atoms with Gasteiger partial charge in [-0.2, -0.15) is 0 Å². The lowest BCUT2D eigenvalue weighted by Crippen LogP contribution is -1.98. The summed E-state index contributed by atoms with van der Waals surface area (Å²) < 4.78 is 0. The van der Waals surface area contributed by atoms with Crippen LogP contribution in [0.25, 0.3) is 12.2 Å². The third-order valence-electron chi connectivity index (χ3n) is 8.03. The topological polar surface area (TPSA) is 75.6 Å². The monoisotopic (exact) mass is 798 g/mol. The Labute approximate surface area is 343 Å². The predicted octanol–water partition coefficient (Wildman–Crippen LogP) is 13.5. The van der Waals surface area contributed by atoms with Gasteiger partial charge in [-0.3, -0.25) is 0 Å². The Bertz CT molecular complexity index is 2210. The van der Waals surface area contributed by atoms with Crippen LogP contribution in [-0.2, 0) is 0 Å². The smallest absolute Gasteiger partial charge is 0.195 e. The molecule has 0 saturated heterocycles. The molecule has 6 nitrogen and oxygen atoms in total. The van der Waals surface area contributed by atoms with Crippen molar-refractivity contribution in [3.63, 3.8) is 0 Å². The molecule has 0 aliphatic heterocycles. The van der Waals surface area contributed by atoms with Crippen molar-refractivity contribution in [2.75, 3.05) is 10.6 Å². The van der Waals surface area contributed by atoms with Crippen LogP contribution >= 0.6 is 47.0 Å². The van der Waals surface area contributed by atoms with Gasteiger partial charge in [-0.1, -0.05) is 133 Å². The van der Waals surface area contributed by atoms with Crippen molar-refractivity contribution in [2.45, 2.75) is 39.9 Å². The van der Waals surface area contributed by atoms with Gasteiger partial charge in [0, 0.05) is 43.1 Å². The molecule has 0 fully saturated rings. The number of anilines is 4. The fourth-order valence-corrected chi connectivity index (χ4v) is 8.76. The van der Waals surface area contributed by atoms with E-state index in [4.69, 9.17) is 19.9 Å². The number of nitrogens with one attached hydrogen (secondary N) is 2. The number of nitrogens with zero attached hydrogens (tertiary/aromatic N) is 4. The van der Waals surface area contributed by atoms with Gasteiger partial charge < -0.3 is 10.6 Å². The van der Waals surface area contributed by atoms with E-state index in [2.05, 4.69) is 120 Å². The van der Waals surface area contributed by atoms with E-state index in [0.717, 1.165) is 63.8 Å². The van der Waals surface area contributed by atoms with Crippen molar-refractivity contribution in [3.05, 3.63) is 193 Å². The van der Waals surface area contributed by atoms with E-state index in [0.29, 0.717) is 10.3 Å². The molecule has 0 amide bonds. The number of hydrogen-bond donors (Lipinski definition) is 2. The van der Waals surface area contributed by atoms with Crippen LogP contribution in [0.3, 0.4) is 0 Å². The molecule has 2 aromatic heterocycles. The van der Waals surface area contributed by atoms with Crippen LogP contribution in [0.1, 0.15) is 11.1 Å². The maximum absolute atomic E-state index is 4.85. The first-order valence-electron chi connectivity index (χ1n) is 17.8. The molecule has 8 aromatic rings. The summed E-state index contributed by atoms with van der Waals surface area (Å²) in [5, 5.41) is 10.1. The third kappa shape index (κ3) is 10.9. The summed E-state index contributed by atoms with van der Waals surface area (Å²) in [4.78, 5) is 23.8. The number of hydrogen-bond acceptors (Lipinski definition) is 10. The summed E-state index contributed by atoms with van der Waals surface area (Å²) in [5.74, 6) is 1.49. The van der Waals surface area contributed by atoms with Crippen molar-refractivity contribution >= 4 is 82.2 Å². The summed E-state index contributed by atoms with van der Waals surface area (Å²) in [6, 6.07) is 61.6. The van der Waals surface area contributed by atoms with Crippen LogP contribution in [0, 0.1) is 0 Å². The molecule has 0 aliphatic rings. The molecule has 0 bridgehead atoms. The minimum atomic E-state index is 0.691. The Morgan fingerprint density at radius 2 is 0.661 bits per heavy atom. The molecule has 8 rings (SSSR count). The number of benzene rings is 6. The molecule has 272 valence electrons. The van der Waals surface area contributed by atoms with Gasteiger partial charge in [0.15, 0.2) is 10.3 Å². The van der Waals surface area contributed by atoms with Crippen LogP contribution in [0.15, 0.2) is 222 Å². The van der Waals surface area contributed by atoms with Gasteiger partial charge in [-0.05, 0) is 107 Å². The summed E-state index contributed by atoms with van der Waals surface area (Å²) in [6.45, 7) is 0. The molecule has 0 saturated carbocycles. The highest BCUT2D eigenvalue weighted by molar-refractivity contribution is 8.00. The van der Waals surface area contributed by atoms with Crippen molar-refractivity contribution in [1.82, 2.24) is 19.9 Å². The normalized spacial score (nSPS) is 11.1. The first-order valence-corrected chi connectivity index (χ1v) is 21.0. The van der Waals surface area contributed by atoms with E-state index in [1.54, 1.807) is 47.0 Å². The zero-order valence-corrected chi connectivity index (χ0v) is 33.2. The fraction of sp³-hybridized carbons (Fsp3) is 0. The van der Waals surface area contributed by atoms with E-state index in [1.165, 1.54) is 0 Å². The first kappa shape index (κ1) is 37.2. The SMILES string of the molecule is C(=Cc1ccc(Nc2cc(Sc3ccccc3)nc(Sc3ccccc3)n2)cc1)c1ccc(Nc2cc(Sc3ccccc3)nc(Sc3ccccc3)n2)cc1. The second-order valence-corrected chi connectivity index (χ2v) is 16.5. The molecule has 0 aliphatic carbocycles. The third-order valence-corrected chi connectivity index (χ3v) is 11.6. The van der Waals surface area contributed by atoms with Gasteiger partial charge in [-0.25, -0.2) is 19.9 Å². The zero-order chi connectivity index (χ0) is 37.8. The van der Waals surface area contributed by atoms with Gasteiger partial charge in [-0.15, -0.1) is 0 Å². The van der Waals surface area contributed by atoms with Gasteiger partial charge >= 0.3 is 0 Å². The van der Waals surface area contributed by atoms with E-state index >= 15 is 0 Å². The first-order chi connectivity index (χ1) is 27.6. The zero-order valence-electron chi connectivity index (χ0n) is 29.9. The minimum Gasteiger partial charge on any atom is -0.340 e. The maximum atomic E-state index is 4.85. The standard InChI is InChI=1S/C46H34N6S4/c1-5-13-37(14-6-1)53-43-31-41(49-45(51-43)55-39-17-9-3-10-18-39)47-35-27-23-33(24-28-35)21-22-34-25-29-36(30-26-34)48-42-32-44(54-38-15-7-2-8-16-38)52-46(50-42)56-40-19-11-4-12-20-40/h1-32H,(H,47,49,51)(H,48,50,52). The molecule has 2 heterocycles. The number of aromatic nitrogens is 4. The van der Waals surface area contributed by atoms with Crippen molar-refractivity contribution in [1.29, 1.82) is 0 Å². The Balaban J connectivity index is 0.929. The van der Waals surface area contributed by atoms with E-state index in [1.807, 2.05) is 84.9 Å². The summed E-state index contributed by atoms with van der Waals surface area (Å²) in [6.07, 6.45) is 4.23. The molecule has 0 unspecified atom stereocenters. The lowest BCUT2D eigenvalue weighted by atomic mass is 10.1. The highest BCUT2D eigenvalue weighted by Gasteiger charge is 2.11. The van der Waals surface area contributed by atoms with Crippen LogP contribution in [-0.4, -0.2) is 19.9 Å². The quantitative estimate of drug-likeness (QED) is 0.0631. The van der Waals surface area contributed by atoms with E-state index in [-0.39, 0.29) is 0 Å². The molecule has 2 N–H and O–H groups in total. The minimum absolute atomic E-state index is 0.691. The van der Waals surface area contributed by atoms with Crippen LogP contribution < -0.4 is 10.6 Å². The van der Waals surface area contributed by atoms with Crippen molar-refractivity contribution < 1.29 is 0 Å². The summed E-state index contributed by atoms with van der Waals surface area (Å²) in [7, 11) is 0. The maximum Gasteiger partial charge on any atom is 0.195 e. The van der Waals surface area contributed by atoms with Gasteiger partial charge in [0.1, 0.15) is 21.7 Å². The summed E-state index contributed by atoms with van der Waals surface area (Å²) >= 11 is 6.34.